The monoisotopic (exact) mass is 760 g/mol. The Morgan fingerprint density at radius 1 is 0.200 bits per heavy atom. The van der Waals surface area contributed by atoms with E-state index in [0.29, 0.717) is 0 Å². The molecule has 280 valence electrons. The smallest absolute Gasteiger partial charge is 0.0622 e. The zero-order valence-electron chi connectivity index (χ0n) is 33.1. The number of benzene rings is 10. The van der Waals surface area contributed by atoms with E-state index < -0.39 is 10.8 Å². The molecule has 0 unspecified atom stereocenters. The van der Waals surface area contributed by atoms with Gasteiger partial charge in [0.05, 0.1) is 10.8 Å². The van der Waals surface area contributed by atoms with Crippen molar-refractivity contribution in [2.45, 2.75) is 10.8 Å². The van der Waals surface area contributed by atoms with Gasteiger partial charge in [0.1, 0.15) is 0 Å². The Morgan fingerprint density at radius 3 is 1.08 bits per heavy atom. The largest absolute Gasteiger partial charge is 0.0713 e. The van der Waals surface area contributed by atoms with Crippen LogP contribution in [0.25, 0.3) is 55.3 Å². The molecule has 0 heterocycles. The van der Waals surface area contributed by atoms with E-state index >= 15 is 0 Å². The molecule has 60 heavy (non-hydrogen) atoms. The van der Waals surface area contributed by atoms with Gasteiger partial charge in [0.2, 0.25) is 0 Å². The van der Waals surface area contributed by atoms with Crippen LogP contribution in [0.3, 0.4) is 0 Å². The first-order valence-electron chi connectivity index (χ1n) is 21.0. The number of rotatable bonds is 6. The molecule has 0 aliphatic heterocycles. The van der Waals surface area contributed by atoms with Gasteiger partial charge in [0, 0.05) is 0 Å². The summed E-state index contributed by atoms with van der Waals surface area (Å²) in [6, 6.07) is 90.7. The fraction of sp³-hybridized carbons (Fsp3) is 0.0333. The summed E-state index contributed by atoms with van der Waals surface area (Å²) in [6.07, 6.45) is 0. The Bertz CT molecular complexity index is 3140. The summed E-state index contributed by atoms with van der Waals surface area (Å²) in [4.78, 5) is 0. The van der Waals surface area contributed by atoms with Crippen LogP contribution in [0.1, 0.15) is 44.5 Å². The highest BCUT2D eigenvalue weighted by Gasteiger charge is 2.49. The minimum Gasteiger partial charge on any atom is -0.0622 e. The fourth-order valence-corrected chi connectivity index (χ4v) is 11.0. The standard InChI is InChI=1S/C60H40/c1-6-19-41(20-7-1)42-21-18-22-43(39-42)44-33-36-54-52(40-44)51-35-34-50-49-31-16-17-32-53(49)59(45-23-8-2-9-24-45,46-25-10-3-11-26-46)55-37-38-56(58(51)57(50)55)60(54,47-27-12-4-13-28-47)48-29-14-5-15-30-48/h1-40H. The minimum absolute atomic E-state index is 0.550. The Hall–Kier alpha value is -7.54. The summed E-state index contributed by atoms with van der Waals surface area (Å²) in [5, 5.41) is 2.65. The maximum absolute atomic E-state index is 2.49. The first-order valence-corrected chi connectivity index (χ1v) is 21.0. The number of fused-ring (bicyclic) bond motifs is 4. The summed E-state index contributed by atoms with van der Waals surface area (Å²) < 4.78 is 0. The van der Waals surface area contributed by atoms with Crippen LogP contribution in [0, 0.1) is 0 Å². The van der Waals surface area contributed by atoms with E-state index in [9.17, 15) is 0 Å². The van der Waals surface area contributed by atoms with Crippen LogP contribution < -0.4 is 0 Å². The highest BCUT2D eigenvalue weighted by Crippen LogP contribution is 2.62. The second kappa shape index (κ2) is 13.5. The SMILES string of the molecule is c1ccc(-c2cccc(-c3ccc4c(c3)-c3ccc5c6c(ccc(c36)C4(c3ccccc3)c3ccccc3)C(c3ccccc3)(c3ccccc3)c3ccccc3-5)c2)cc1. The number of hydrogen-bond acceptors (Lipinski definition) is 0. The van der Waals surface area contributed by atoms with E-state index in [4.69, 9.17) is 0 Å². The molecule has 2 aliphatic carbocycles. The van der Waals surface area contributed by atoms with Crippen molar-refractivity contribution >= 4 is 10.8 Å². The predicted octanol–water partition coefficient (Wildman–Crippen LogP) is 14.9. The molecular weight excluding hydrogens is 721 g/mol. The van der Waals surface area contributed by atoms with Crippen molar-refractivity contribution < 1.29 is 0 Å². The molecule has 0 saturated carbocycles. The zero-order chi connectivity index (χ0) is 39.7. The Kier molecular flexibility index (Phi) is 7.77. The van der Waals surface area contributed by atoms with Gasteiger partial charge in [0.25, 0.3) is 0 Å². The van der Waals surface area contributed by atoms with Crippen LogP contribution in [-0.2, 0) is 10.8 Å². The van der Waals surface area contributed by atoms with Crippen molar-refractivity contribution in [3.05, 3.63) is 287 Å². The van der Waals surface area contributed by atoms with Gasteiger partial charge < -0.3 is 0 Å². The first-order chi connectivity index (χ1) is 29.8. The van der Waals surface area contributed by atoms with E-state index in [2.05, 4.69) is 243 Å². The topological polar surface area (TPSA) is 0 Å². The van der Waals surface area contributed by atoms with Gasteiger partial charge in [-0.05, 0) is 112 Å². The average Bonchev–Trinajstić information content (AvgIpc) is 3.34. The molecule has 10 aromatic rings. The first kappa shape index (κ1) is 34.5. The summed E-state index contributed by atoms with van der Waals surface area (Å²) in [5.74, 6) is 0. The minimum atomic E-state index is -0.592. The van der Waals surface area contributed by atoms with Crippen LogP contribution in [0.15, 0.2) is 243 Å². The Morgan fingerprint density at radius 2 is 0.567 bits per heavy atom. The lowest BCUT2D eigenvalue weighted by Crippen LogP contribution is -2.36. The molecular formula is C60H40. The van der Waals surface area contributed by atoms with E-state index in [0.717, 1.165) is 0 Å². The molecule has 0 spiro atoms. The van der Waals surface area contributed by atoms with Crippen LogP contribution in [0.5, 0.6) is 0 Å². The maximum atomic E-state index is 2.49. The third kappa shape index (κ3) is 4.79. The van der Waals surface area contributed by atoms with E-state index in [1.54, 1.807) is 0 Å². The second-order valence-corrected chi connectivity index (χ2v) is 16.3. The Labute approximate surface area is 351 Å². The highest BCUT2D eigenvalue weighted by atomic mass is 14.5. The van der Waals surface area contributed by atoms with Crippen LogP contribution in [0.4, 0.5) is 0 Å². The van der Waals surface area contributed by atoms with Gasteiger partial charge in [0.15, 0.2) is 0 Å². The number of hydrogen-bond donors (Lipinski definition) is 0. The van der Waals surface area contributed by atoms with Crippen LogP contribution in [0.2, 0.25) is 0 Å². The van der Waals surface area contributed by atoms with Gasteiger partial charge in [-0.1, -0.05) is 231 Å². The van der Waals surface area contributed by atoms with Crippen LogP contribution in [-0.4, -0.2) is 0 Å². The van der Waals surface area contributed by atoms with E-state index in [1.807, 2.05) is 0 Å². The lowest BCUT2D eigenvalue weighted by atomic mass is 9.55. The summed E-state index contributed by atoms with van der Waals surface area (Å²) in [7, 11) is 0. The van der Waals surface area contributed by atoms with Crippen LogP contribution >= 0.6 is 0 Å². The van der Waals surface area contributed by atoms with Gasteiger partial charge in [-0.25, -0.2) is 0 Å². The normalized spacial score (nSPS) is 13.9. The van der Waals surface area contributed by atoms with Crippen molar-refractivity contribution in [1.29, 1.82) is 0 Å². The van der Waals surface area contributed by atoms with Gasteiger partial charge in [-0.15, -0.1) is 0 Å². The lowest BCUT2D eigenvalue weighted by Gasteiger charge is -2.46. The predicted molar refractivity (Wildman–Crippen MR) is 249 cm³/mol. The fourth-order valence-electron chi connectivity index (χ4n) is 11.0. The average molecular weight is 761 g/mol. The van der Waals surface area contributed by atoms with Gasteiger partial charge >= 0.3 is 0 Å². The molecule has 0 atom stereocenters. The van der Waals surface area contributed by atoms with E-state index in [1.165, 1.54) is 99.8 Å². The second-order valence-electron chi connectivity index (χ2n) is 16.3. The van der Waals surface area contributed by atoms with Gasteiger partial charge in [-0.3, -0.25) is 0 Å². The maximum Gasteiger partial charge on any atom is 0.0713 e. The highest BCUT2D eigenvalue weighted by molar-refractivity contribution is 6.15. The summed E-state index contributed by atoms with van der Waals surface area (Å²) in [6.45, 7) is 0. The van der Waals surface area contributed by atoms with Gasteiger partial charge in [-0.2, -0.15) is 0 Å². The molecule has 0 nitrogen and oxygen atoms in total. The molecule has 0 fully saturated rings. The molecule has 0 saturated heterocycles. The molecule has 2 aliphatic rings. The van der Waals surface area contributed by atoms with Crippen molar-refractivity contribution in [2.75, 3.05) is 0 Å². The molecule has 0 radical (unpaired) electrons. The van der Waals surface area contributed by atoms with Crippen molar-refractivity contribution in [3.63, 3.8) is 0 Å². The molecule has 10 aromatic carbocycles. The third-order valence-electron chi connectivity index (χ3n) is 13.4. The lowest BCUT2D eigenvalue weighted by molar-refractivity contribution is 0.735. The molecule has 0 amide bonds. The van der Waals surface area contributed by atoms with Crippen molar-refractivity contribution in [3.8, 4) is 44.5 Å². The molecule has 0 bridgehead atoms. The molecule has 0 aromatic heterocycles. The van der Waals surface area contributed by atoms with Crippen molar-refractivity contribution in [2.24, 2.45) is 0 Å². The van der Waals surface area contributed by atoms with E-state index in [-0.39, 0.29) is 0 Å². The molecule has 0 heteroatoms. The quantitative estimate of drug-likeness (QED) is 0.158. The third-order valence-corrected chi connectivity index (χ3v) is 13.4. The van der Waals surface area contributed by atoms with Crippen molar-refractivity contribution in [1.82, 2.24) is 0 Å². The zero-order valence-corrected chi connectivity index (χ0v) is 33.1. The molecule has 0 N–H and O–H groups in total. The summed E-state index contributed by atoms with van der Waals surface area (Å²) >= 11 is 0. The summed E-state index contributed by atoms with van der Waals surface area (Å²) in [5.41, 5.74) is 19.1. The Balaban J connectivity index is 1.25. The molecule has 12 rings (SSSR count).